The smallest absolute Gasteiger partial charge is 0.313 e. The summed E-state index contributed by atoms with van der Waals surface area (Å²) in [5, 5.41) is 9.67. The van der Waals surface area contributed by atoms with E-state index in [-0.39, 0.29) is 5.41 Å². The Hall–Kier alpha value is -1.02. The molecule has 1 aromatic rings. The molecule has 1 atom stereocenters. The predicted octanol–water partition coefficient (Wildman–Crippen LogP) is 4.85. The van der Waals surface area contributed by atoms with Crippen molar-refractivity contribution in [1.29, 1.82) is 0 Å². The lowest BCUT2D eigenvalue weighted by atomic mass is 9.75. The van der Waals surface area contributed by atoms with Crippen LogP contribution in [-0.2, 0) is 10.2 Å². The number of rotatable bonds is 7. The quantitative estimate of drug-likeness (QED) is 0.527. The Morgan fingerprint density at radius 1 is 1.33 bits per heavy atom. The lowest BCUT2D eigenvalue weighted by Crippen LogP contribution is -2.32. The summed E-state index contributed by atoms with van der Waals surface area (Å²) in [7, 11) is 0. The molecule has 21 heavy (non-hydrogen) atoms. The van der Waals surface area contributed by atoms with E-state index in [9.17, 15) is 9.90 Å². The van der Waals surface area contributed by atoms with Crippen LogP contribution in [0.5, 0.6) is 0 Å². The van der Waals surface area contributed by atoms with Crippen LogP contribution in [0.2, 0.25) is 0 Å². The first-order valence-electron chi connectivity index (χ1n) is 7.14. The van der Waals surface area contributed by atoms with E-state index in [1.54, 1.807) is 0 Å². The standard InChI is InChI=1S/C18H23IO2/c1-5-10-17(2,3)11-7-12-18(4,16(20)21)14-8-6-9-15(19)13-14/h1,6,8-9,13H,7,10-12H2,2-4H3,(H,20,21). The molecule has 0 aromatic heterocycles. The van der Waals surface area contributed by atoms with Gasteiger partial charge in [-0.15, -0.1) is 12.3 Å². The SMILES string of the molecule is C#CCC(C)(C)CCCC(C)(C(=O)O)c1cccc(I)c1. The molecule has 0 amide bonds. The Morgan fingerprint density at radius 3 is 2.52 bits per heavy atom. The summed E-state index contributed by atoms with van der Waals surface area (Å²) in [4.78, 5) is 11.8. The maximum Gasteiger partial charge on any atom is 0.313 e. The van der Waals surface area contributed by atoms with Gasteiger partial charge in [-0.05, 0) is 65.5 Å². The Bertz CT molecular complexity index is 542. The van der Waals surface area contributed by atoms with Crippen molar-refractivity contribution < 1.29 is 9.90 Å². The number of benzene rings is 1. The van der Waals surface area contributed by atoms with Crippen molar-refractivity contribution >= 4 is 28.6 Å². The van der Waals surface area contributed by atoms with E-state index < -0.39 is 11.4 Å². The van der Waals surface area contributed by atoms with Crippen molar-refractivity contribution in [2.75, 3.05) is 0 Å². The lowest BCUT2D eigenvalue weighted by Gasteiger charge is -2.28. The van der Waals surface area contributed by atoms with E-state index in [1.165, 1.54) is 0 Å². The highest BCUT2D eigenvalue weighted by molar-refractivity contribution is 14.1. The number of aliphatic carboxylic acids is 1. The largest absolute Gasteiger partial charge is 0.481 e. The Morgan fingerprint density at radius 2 is 2.00 bits per heavy atom. The van der Waals surface area contributed by atoms with Gasteiger partial charge >= 0.3 is 5.97 Å². The summed E-state index contributed by atoms with van der Waals surface area (Å²) in [5.74, 6) is 1.94. The normalized spacial score (nSPS) is 14.2. The van der Waals surface area contributed by atoms with E-state index in [0.29, 0.717) is 6.42 Å². The molecule has 1 N–H and O–H groups in total. The summed E-state index contributed by atoms with van der Waals surface area (Å²) in [5.41, 5.74) is 0.101. The Labute approximate surface area is 141 Å². The predicted molar refractivity (Wildman–Crippen MR) is 95.2 cm³/mol. The minimum Gasteiger partial charge on any atom is -0.481 e. The maximum absolute atomic E-state index is 11.8. The third-order valence-electron chi connectivity index (χ3n) is 4.04. The zero-order valence-electron chi connectivity index (χ0n) is 12.9. The van der Waals surface area contributed by atoms with Crippen LogP contribution in [0.15, 0.2) is 24.3 Å². The third-order valence-corrected chi connectivity index (χ3v) is 4.72. The third kappa shape index (κ3) is 5.03. The topological polar surface area (TPSA) is 37.3 Å². The van der Waals surface area contributed by atoms with Gasteiger partial charge in [-0.1, -0.05) is 32.4 Å². The minimum absolute atomic E-state index is 0.0687. The fourth-order valence-corrected chi connectivity index (χ4v) is 3.03. The van der Waals surface area contributed by atoms with E-state index in [0.717, 1.165) is 28.4 Å². The highest BCUT2D eigenvalue weighted by Gasteiger charge is 2.35. The first kappa shape index (κ1) is 18.0. The van der Waals surface area contributed by atoms with Gasteiger partial charge in [0.2, 0.25) is 0 Å². The average Bonchev–Trinajstić information content (AvgIpc) is 2.37. The molecule has 1 aromatic carbocycles. The molecule has 0 bridgehead atoms. The second kappa shape index (κ2) is 7.31. The summed E-state index contributed by atoms with van der Waals surface area (Å²) in [6, 6.07) is 7.76. The molecule has 3 heteroatoms. The second-order valence-corrected chi connectivity index (χ2v) is 7.79. The van der Waals surface area contributed by atoms with Gasteiger partial charge in [-0.25, -0.2) is 0 Å². The van der Waals surface area contributed by atoms with Crippen LogP contribution in [0.25, 0.3) is 0 Å². The van der Waals surface area contributed by atoms with Gasteiger partial charge in [-0.3, -0.25) is 4.79 Å². The Kier molecular flexibility index (Phi) is 6.27. The number of carboxylic acids is 1. The molecule has 0 aliphatic carbocycles. The number of hydrogen-bond acceptors (Lipinski definition) is 1. The van der Waals surface area contributed by atoms with Gasteiger partial charge in [0.05, 0.1) is 5.41 Å². The van der Waals surface area contributed by atoms with Gasteiger partial charge < -0.3 is 5.11 Å². The van der Waals surface area contributed by atoms with Gasteiger partial charge in [0.15, 0.2) is 0 Å². The van der Waals surface area contributed by atoms with Crippen LogP contribution in [0.3, 0.4) is 0 Å². The molecular formula is C18H23IO2. The molecule has 0 saturated heterocycles. The zero-order valence-corrected chi connectivity index (χ0v) is 15.1. The summed E-state index contributed by atoms with van der Waals surface area (Å²) in [6.45, 7) is 6.09. The number of terminal acetylenes is 1. The number of halogens is 1. The molecule has 1 rings (SSSR count). The first-order valence-corrected chi connectivity index (χ1v) is 8.22. The van der Waals surface area contributed by atoms with E-state index in [1.807, 2.05) is 31.2 Å². The number of carbonyl (C=O) groups is 1. The molecule has 0 saturated carbocycles. The molecule has 0 heterocycles. The van der Waals surface area contributed by atoms with E-state index in [4.69, 9.17) is 6.42 Å². The van der Waals surface area contributed by atoms with Crippen molar-refractivity contribution in [3.63, 3.8) is 0 Å². The maximum atomic E-state index is 11.8. The van der Waals surface area contributed by atoms with Gasteiger partial charge in [0.1, 0.15) is 0 Å². The number of carboxylic acid groups (broad SMARTS) is 1. The molecule has 0 spiro atoms. The molecule has 114 valence electrons. The van der Waals surface area contributed by atoms with Crippen LogP contribution in [0, 0.1) is 21.3 Å². The zero-order chi connectivity index (χ0) is 16.1. The monoisotopic (exact) mass is 398 g/mol. The van der Waals surface area contributed by atoms with Crippen molar-refractivity contribution in [3.8, 4) is 12.3 Å². The lowest BCUT2D eigenvalue weighted by molar-refractivity contribution is -0.143. The summed E-state index contributed by atoms with van der Waals surface area (Å²) in [6.07, 6.45) is 8.51. The van der Waals surface area contributed by atoms with Crippen LogP contribution in [0.1, 0.15) is 52.0 Å². The molecule has 0 fully saturated rings. The molecule has 0 aliphatic rings. The Balaban J connectivity index is 2.84. The molecular weight excluding hydrogens is 375 g/mol. The van der Waals surface area contributed by atoms with Crippen molar-refractivity contribution in [3.05, 3.63) is 33.4 Å². The van der Waals surface area contributed by atoms with Crippen LogP contribution in [0.4, 0.5) is 0 Å². The van der Waals surface area contributed by atoms with Crippen LogP contribution < -0.4 is 0 Å². The van der Waals surface area contributed by atoms with Crippen molar-refractivity contribution in [2.45, 2.75) is 51.9 Å². The van der Waals surface area contributed by atoms with Gasteiger partial charge in [0, 0.05) is 9.99 Å². The second-order valence-electron chi connectivity index (χ2n) is 6.55. The minimum atomic E-state index is -0.840. The summed E-state index contributed by atoms with van der Waals surface area (Å²) < 4.78 is 1.06. The van der Waals surface area contributed by atoms with Gasteiger partial charge in [-0.2, -0.15) is 0 Å². The van der Waals surface area contributed by atoms with E-state index >= 15 is 0 Å². The van der Waals surface area contributed by atoms with E-state index in [2.05, 4.69) is 42.4 Å². The molecule has 1 unspecified atom stereocenters. The fraction of sp³-hybridized carbons (Fsp3) is 0.500. The molecule has 0 aliphatic heterocycles. The van der Waals surface area contributed by atoms with Crippen molar-refractivity contribution in [1.82, 2.24) is 0 Å². The van der Waals surface area contributed by atoms with Crippen LogP contribution in [-0.4, -0.2) is 11.1 Å². The van der Waals surface area contributed by atoms with Crippen molar-refractivity contribution in [2.24, 2.45) is 5.41 Å². The number of hydrogen-bond donors (Lipinski definition) is 1. The molecule has 2 nitrogen and oxygen atoms in total. The fourth-order valence-electron chi connectivity index (χ4n) is 2.49. The molecule has 0 radical (unpaired) electrons. The van der Waals surface area contributed by atoms with Crippen LogP contribution >= 0.6 is 22.6 Å². The first-order chi connectivity index (χ1) is 9.71. The highest BCUT2D eigenvalue weighted by Crippen LogP contribution is 2.34. The average molecular weight is 398 g/mol. The van der Waals surface area contributed by atoms with Gasteiger partial charge in [0.25, 0.3) is 0 Å². The highest BCUT2D eigenvalue weighted by atomic mass is 127. The summed E-state index contributed by atoms with van der Waals surface area (Å²) >= 11 is 2.22.